The second kappa shape index (κ2) is 2.88. The van der Waals surface area contributed by atoms with Crippen LogP contribution in [0.15, 0.2) is 12.3 Å². The zero-order valence-corrected chi connectivity index (χ0v) is 6.79. The monoisotopic (exact) mass is 152 g/mol. The summed E-state index contributed by atoms with van der Waals surface area (Å²) in [5.41, 5.74) is 7.14. The molecule has 0 aliphatic carbocycles. The van der Waals surface area contributed by atoms with Crippen LogP contribution in [-0.2, 0) is 13.6 Å². The van der Waals surface area contributed by atoms with Gasteiger partial charge in [-0.2, -0.15) is 0 Å². The number of aryl methyl sites for hydroxylation is 1. The Labute approximate surface area is 65.8 Å². The van der Waals surface area contributed by atoms with Crippen LogP contribution in [0.25, 0.3) is 0 Å². The zero-order valence-electron chi connectivity index (χ0n) is 6.79. The van der Waals surface area contributed by atoms with Crippen LogP contribution in [0.3, 0.4) is 0 Å². The van der Waals surface area contributed by atoms with Gasteiger partial charge in [-0.15, -0.1) is 0 Å². The highest BCUT2D eigenvalue weighted by atomic mass is 16.1. The van der Waals surface area contributed by atoms with Crippen molar-refractivity contribution in [2.75, 3.05) is 0 Å². The van der Waals surface area contributed by atoms with E-state index in [2.05, 4.69) is 0 Å². The van der Waals surface area contributed by atoms with Crippen LogP contribution in [0.5, 0.6) is 0 Å². The van der Waals surface area contributed by atoms with Crippen molar-refractivity contribution in [1.29, 1.82) is 0 Å². The molecule has 11 heavy (non-hydrogen) atoms. The molecule has 0 spiro atoms. The topological polar surface area (TPSA) is 48.0 Å². The first-order valence-corrected chi connectivity index (χ1v) is 3.51. The first-order valence-electron chi connectivity index (χ1n) is 3.51. The molecule has 0 amide bonds. The molecule has 0 saturated heterocycles. The van der Waals surface area contributed by atoms with Crippen molar-refractivity contribution < 1.29 is 4.79 Å². The van der Waals surface area contributed by atoms with E-state index in [0.29, 0.717) is 6.54 Å². The predicted molar refractivity (Wildman–Crippen MR) is 43.3 cm³/mol. The second-order valence-corrected chi connectivity index (χ2v) is 2.59. The first-order chi connectivity index (χ1) is 5.15. The molecule has 0 aromatic carbocycles. The molecule has 0 atom stereocenters. The normalized spacial score (nSPS) is 10.1. The summed E-state index contributed by atoms with van der Waals surface area (Å²) in [6.45, 7) is 2.03. The van der Waals surface area contributed by atoms with Crippen LogP contribution >= 0.6 is 0 Å². The lowest BCUT2D eigenvalue weighted by Crippen LogP contribution is -2.01. The maximum absolute atomic E-state index is 10.9. The molecule has 2 N–H and O–H groups in total. The van der Waals surface area contributed by atoms with Crippen molar-refractivity contribution >= 4 is 5.78 Å². The molecular weight excluding hydrogens is 140 g/mol. The first kappa shape index (κ1) is 8.01. The molecule has 1 rings (SSSR count). The van der Waals surface area contributed by atoms with E-state index >= 15 is 0 Å². The summed E-state index contributed by atoms with van der Waals surface area (Å²) >= 11 is 0. The third kappa shape index (κ3) is 1.49. The van der Waals surface area contributed by atoms with Crippen LogP contribution in [0.2, 0.25) is 0 Å². The Morgan fingerprint density at radius 1 is 1.73 bits per heavy atom. The molecule has 1 heterocycles. The number of hydrogen-bond acceptors (Lipinski definition) is 2. The van der Waals surface area contributed by atoms with Gasteiger partial charge in [0.1, 0.15) is 0 Å². The SMILES string of the molecule is CC(=O)c1cc(CN)n(C)c1. The van der Waals surface area contributed by atoms with Crippen molar-refractivity contribution in [3.8, 4) is 0 Å². The number of Topliss-reactive ketones (excluding diaryl/α,β-unsaturated/α-hetero) is 1. The summed E-state index contributed by atoms with van der Waals surface area (Å²) in [4.78, 5) is 10.9. The predicted octanol–water partition coefficient (Wildman–Crippen LogP) is 0.686. The number of nitrogens with two attached hydrogens (primary N) is 1. The number of ketones is 1. The fourth-order valence-electron chi connectivity index (χ4n) is 1.01. The Morgan fingerprint density at radius 3 is 2.64 bits per heavy atom. The van der Waals surface area contributed by atoms with Crippen molar-refractivity contribution in [2.45, 2.75) is 13.5 Å². The molecule has 0 saturated carbocycles. The van der Waals surface area contributed by atoms with E-state index in [1.54, 1.807) is 13.1 Å². The molecule has 1 aromatic heterocycles. The summed E-state index contributed by atoms with van der Waals surface area (Å²) < 4.78 is 1.87. The fraction of sp³-hybridized carbons (Fsp3) is 0.375. The van der Waals surface area contributed by atoms with Crippen LogP contribution in [0, 0.1) is 0 Å². The van der Waals surface area contributed by atoms with Gasteiger partial charge in [-0.1, -0.05) is 0 Å². The minimum absolute atomic E-state index is 0.0836. The molecular formula is C8H12N2O. The molecule has 0 aliphatic heterocycles. The van der Waals surface area contributed by atoms with Crippen molar-refractivity contribution in [3.05, 3.63) is 23.5 Å². The highest BCUT2D eigenvalue weighted by Crippen LogP contribution is 2.06. The standard InChI is InChI=1S/C8H12N2O/c1-6(11)7-3-8(4-9)10(2)5-7/h3,5H,4,9H2,1-2H3. The van der Waals surface area contributed by atoms with Gasteiger partial charge in [0.05, 0.1) is 0 Å². The van der Waals surface area contributed by atoms with Crippen LogP contribution in [-0.4, -0.2) is 10.4 Å². The maximum Gasteiger partial charge on any atom is 0.161 e. The third-order valence-electron chi connectivity index (χ3n) is 1.72. The van der Waals surface area contributed by atoms with E-state index in [1.165, 1.54) is 0 Å². The Bertz CT molecular complexity index is 276. The molecule has 1 aromatic rings. The molecule has 0 bridgehead atoms. The quantitative estimate of drug-likeness (QED) is 0.634. The number of hydrogen-bond donors (Lipinski definition) is 1. The fourth-order valence-corrected chi connectivity index (χ4v) is 1.01. The molecule has 0 aliphatic rings. The van der Waals surface area contributed by atoms with E-state index in [9.17, 15) is 4.79 Å². The van der Waals surface area contributed by atoms with E-state index in [0.717, 1.165) is 11.3 Å². The number of carbonyl (C=O) groups is 1. The average molecular weight is 152 g/mol. The third-order valence-corrected chi connectivity index (χ3v) is 1.72. The average Bonchev–Trinajstić information content (AvgIpc) is 2.31. The van der Waals surface area contributed by atoms with Gasteiger partial charge in [-0.3, -0.25) is 4.79 Å². The molecule has 60 valence electrons. The minimum Gasteiger partial charge on any atom is -0.353 e. The van der Waals surface area contributed by atoms with E-state index < -0.39 is 0 Å². The summed E-state index contributed by atoms with van der Waals surface area (Å²) in [7, 11) is 1.88. The van der Waals surface area contributed by atoms with Gasteiger partial charge in [-0.05, 0) is 13.0 Å². The maximum atomic E-state index is 10.9. The van der Waals surface area contributed by atoms with Gasteiger partial charge in [0, 0.05) is 31.0 Å². The second-order valence-electron chi connectivity index (χ2n) is 2.59. The number of nitrogens with zero attached hydrogens (tertiary/aromatic N) is 1. The largest absolute Gasteiger partial charge is 0.353 e. The molecule has 3 heteroatoms. The Balaban J connectivity index is 3.05. The Kier molecular flexibility index (Phi) is 2.10. The van der Waals surface area contributed by atoms with Crippen LogP contribution in [0.4, 0.5) is 0 Å². The van der Waals surface area contributed by atoms with Gasteiger partial charge in [0.25, 0.3) is 0 Å². The Hall–Kier alpha value is -1.09. The summed E-state index contributed by atoms with van der Waals surface area (Å²) in [6.07, 6.45) is 1.80. The van der Waals surface area contributed by atoms with Crippen LogP contribution < -0.4 is 5.73 Å². The van der Waals surface area contributed by atoms with E-state index in [1.807, 2.05) is 17.7 Å². The minimum atomic E-state index is 0.0836. The summed E-state index contributed by atoms with van der Waals surface area (Å²) in [5, 5.41) is 0. The molecule has 0 unspecified atom stereocenters. The van der Waals surface area contributed by atoms with Crippen molar-refractivity contribution in [2.24, 2.45) is 12.8 Å². The van der Waals surface area contributed by atoms with Crippen molar-refractivity contribution in [3.63, 3.8) is 0 Å². The highest BCUT2D eigenvalue weighted by Gasteiger charge is 2.04. The Morgan fingerprint density at radius 2 is 2.36 bits per heavy atom. The van der Waals surface area contributed by atoms with Gasteiger partial charge in [0.15, 0.2) is 5.78 Å². The van der Waals surface area contributed by atoms with E-state index in [4.69, 9.17) is 5.73 Å². The summed E-state index contributed by atoms with van der Waals surface area (Å²) in [6, 6.07) is 1.82. The van der Waals surface area contributed by atoms with Gasteiger partial charge in [0.2, 0.25) is 0 Å². The van der Waals surface area contributed by atoms with Gasteiger partial charge < -0.3 is 10.3 Å². The zero-order chi connectivity index (χ0) is 8.43. The number of rotatable bonds is 2. The lowest BCUT2D eigenvalue weighted by molar-refractivity contribution is 0.101. The van der Waals surface area contributed by atoms with E-state index in [-0.39, 0.29) is 5.78 Å². The molecule has 0 radical (unpaired) electrons. The van der Waals surface area contributed by atoms with Gasteiger partial charge in [-0.25, -0.2) is 0 Å². The number of aromatic nitrogens is 1. The van der Waals surface area contributed by atoms with Gasteiger partial charge >= 0.3 is 0 Å². The van der Waals surface area contributed by atoms with Crippen LogP contribution in [0.1, 0.15) is 23.0 Å². The van der Waals surface area contributed by atoms with Crippen molar-refractivity contribution in [1.82, 2.24) is 4.57 Å². The summed E-state index contributed by atoms with van der Waals surface area (Å²) in [5.74, 6) is 0.0836. The lowest BCUT2D eigenvalue weighted by atomic mass is 10.2. The number of carbonyl (C=O) groups excluding carboxylic acids is 1. The highest BCUT2D eigenvalue weighted by molar-refractivity contribution is 5.94. The lowest BCUT2D eigenvalue weighted by Gasteiger charge is -1.95. The molecule has 0 fully saturated rings. The molecule has 3 nitrogen and oxygen atoms in total. The smallest absolute Gasteiger partial charge is 0.161 e.